The second-order valence-corrected chi connectivity index (χ2v) is 6.17. The molecule has 0 saturated carbocycles. The lowest BCUT2D eigenvalue weighted by molar-refractivity contribution is 0.169. The van der Waals surface area contributed by atoms with Crippen molar-refractivity contribution in [1.82, 2.24) is 25.1 Å². The van der Waals surface area contributed by atoms with E-state index in [1.54, 1.807) is 11.0 Å². The molecule has 0 amide bonds. The molecule has 0 spiro atoms. The molecule has 1 aromatic carbocycles. The van der Waals surface area contributed by atoms with Gasteiger partial charge in [-0.3, -0.25) is 0 Å². The lowest BCUT2D eigenvalue weighted by Gasteiger charge is -2.37. The number of nitrogens with one attached hydrogen (secondary N) is 1. The summed E-state index contributed by atoms with van der Waals surface area (Å²) in [6, 6.07) is 10.4. The van der Waals surface area contributed by atoms with Gasteiger partial charge in [0.15, 0.2) is 0 Å². The fourth-order valence-corrected chi connectivity index (χ4v) is 3.78. The maximum atomic E-state index is 3.94. The smallest absolute Gasteiger partial charge is 0.143 e. The van der Waals surface area contributed by atoms with Crippen LogP contribution in [0.25, 0.3) is 5.69 Å². The summed E-state index contributed by atoms with van der Waals surface area (Å²) in [4.78, 5) is 2.57. The van der Waals surface area contributed by atoms with E-state index in [2.05, 4.69) is 44.9 Å². The van der Waals surface area contributed by atoms with E-state index in [4.69, 9.17) is 0 Å². The van der Waals surface area contributed by atoms with Crippen LogP contribution in [0.4, 0.5) is 5.69 Å². The fourth-order valence-electron chi connectivity index (χ4n) is 3.78. The SMILES string of the molecule is CN1C2CCC1CC(Nc1cccc(-n3cnnn3)c1)C2. The van der Waals surface area contributed by atoms with Crippen LogP contribution in [-0.4, -0.2) is 50.3 Å². The Kier molecular flexibility index (Phi) is 3.11. The predicted octanol–water partition coefficient (Wildman–Crippen LogP) is 1.70. The molecule has 4 rings (SSSR count). The van der Waals surface area contributed by atoms with Gasteiger partial charge in [0.1, 0.15) is 6.33 Å². The Morgan fingerprint density at radius 1 is 1.19 bits per heavy atom. The molecule has 2 fully saturated rings. The first-order valence-electron chi connectivity index (χ1n) is 7.61. The Labute approximate surface area is 124 Å². The minimum atomic E-state index is 0.572. The number of nitrogens with zero attached hydrogens (tertiary/aromatic N) is 5. The minimum Gasteiger partial charge on any atom is -0.382 e. The van der Waals surface area contributed by atoms with Gasteiger partial charge in [-0.15, -0.1) is 5.10 Å². The molecular weight excluding hydrogens is 264 g/mol. The third-order valence-corrected chi connectivity index (χ3v) is 4.93. The molecule has 2 atom stereocenters. The quantitative estimate of drug-likeness (QED) is 0.929. The monoisotopic (exact) mass is 284 g/mol. The zero-order valence-electron chi connectivity index (χ0n) is 12.2. The molecule has 110 valence electrons. The molecule has 21 heavy (non-hydrogen) atoms. The maximum absolute atomic E-state index is 3.94. The zero-order chi connectivity index (χ0) is 14.2. The first kappa shape index (κ1) is 12.8. The van der Waals surface area contributed by atoms with Crippen LogP contribution in [-0.2, 0) is 0 Å². The first-order valence-corrected chi connectivity index (χ1v) is 7.61. The lowest BCUT2D eigenvalue weighted by atomic mass is 9.98. The Hall–Kier alpha value is -1.95. The van der Waals surface area contributed by atoms with E-state index in [1.165, 1.54) is 25.7 Å². The molecule has 0 radical (unpaired) electrons. The van der Waals surface area contributed by atoms with Crippen molar-refractivity contribution in [3.8, 4) is 5.69 Å². The normalized spacial score (nSPS) is 28.7. The van der Waals surface area contributed by atoms with Gasteiger partial charge < -0.3 is 10.2 Å². The molecule has 2 aromatic rings. The number of benzene rings is 1. The highest BCUT2D eigenvalue weighted by molar-refractivity contribution is 5.51. The second kappa shape index (κ2) is 5.11. The average molecular weight is 284 g/mol. The average Bonchev–Trinajstić information content (AvgIpc) is 3.08. The number of hydrogen-bond donors (Lipinski definition) is 1. The van der Waals surface area contributed by atoms with E-state index >= 15 is 0 Å². The van der Waals surface area contributed by atoms with Crippen LogP contribution in [0.15, 0.2) is 30.6 Å². The molecule has 2 aliphatic heterocycles. The van der Waals surface area contributed by atoms with Crippen LogP contribution in [0.1, 0.15) is 25.7 Å². The third kappa shape index (κ3) is 2.40. The number of tetrazole rings is 1. The van der Waals surface area contributed by atoms with E-state index in [-0.39, 0.29) is 0 Å². The lowest BCUT2D eigenvalue weighted by Crippen LogP contribution is -2.44. The number of rotatable bonds is 3. The number of fused-ring (bicyclic) bond motifs is 2. The van der Waals surface area contributed by atoms with Gasteiger partial charge in [-0.25, -0.2) is 4.68 Å². The molecule has 1 aromatic heterocycles. The highest BCUT2D eigenvalue weighted by Gasteiger charge is 2.38. The van der Waals surface area contributed by atoms with Gasteiger partial charge in [0.2, 0.25) is 0 Å². The summed E-state index contributed by atoms with van der Waals surface area (Å²) in [5.74, 6) is 0. The van der Waals surface area contributed by atoms with Crippen molar-refractivity contribution in [1.29, 1.82) is 0 Å². The molecule has 0 aliphatic carbocycles. The van der Waals surface area contributed by atoms with Crippen molar-refractivity contribution >= 4 is 5.69 Å². The fraction of sp³-hybridized carbons (Fsp3) is 0.533. The minimum absolute atomic E-state index is 0.572. The summed E-state index contributed by atoms with van der Waals surface area (Å²) in [6.45, 7) is 0. The standard InChI is InChI=1S/C15H20N6/c1-20-13-5-6-14(20)9-12(8-13)17-11-3-2-4-15(7-11)21-10-16-18-19-21/h2-4,7,10,12-14,17H,5-6,8-9H2,1H3. The van der Waals surface area contributed by atoms with Crippen molar-refractivity contribution < 1.29 is 0 Å². The zero-order valence-corrected chi connectivity index (χ0v) is 12.2. The predicted molar refractivity (Wildman–Crippen MR) is 80.4 cm³/mol. The Bertz CT molecular complexity index is 596. The van der Waals surface area contributed by atoms with Gasteiger partial charge in [-0.2, -0.15) is 0 Å². The van der Waals surface area contributed by atoms with E-state index in [0.29, 0.717) is 6.04 Å². The molecule has 6 nitrogen and oxygen atoms in total. The van der Waals surface area contributed by atoms with Gasteiger partial charge in [-0.05, 0) is 61.4 Å². The highest BCUT2D eigenvalue weighted by atomic mass is 15.5. The summed E-state index contributed by atoms with van der Waals surface area (Å²) in [6.07, 6.45) is 6.80. The summed E-state index contributed by atoms with van der Waals surface area (Å²) in [7, 11) is 2.27. The summed E-state index contributed by atoms with van der Waals surface area (Å²) < 4.78 is 1.68. The molecule has 1 N–H and O–H groups in total. The van der Waals surface area contributed by atoms with Crippen LogP contribution < -0.4 is 5.32 Å². The molecule has 6 heteroatoms. The number of piperidine rings is 1. The maximum Gasteiger partial charge on any atom is 0.143 e. The third-order valence-electron chi connectivity index (χ3n) is 4.93. The Morgan fingerprint density at radius 2 is 2.00 bits per heavy atom. The van der Waals surface area contributed by atoms with Crippen molar-refractivity contribution in [2.75, 3.05) is 12.4 Å². The summed E-state index contributed by atoms with van der Waals surface area (Å²) in [5, 5.41) is 15.0. The second-order valence-electron chi connectivity index (χ2n) is 6.17. The molecule has 2 bridgehead atoms. The van der Waals surface area contributed by atoms with E-state index in [9.17, 15) is 0 Å². The van der Waals surface area contributed by atoms with Crippen LogP contribution in [0.3, 0.4) is 0 Å². The van der Waals surface area contributed by atoms with Crippen molar-refractivity contribution in [3.05, 3.63) is 30.6 Å². The molecule has 3 heterocycles. The van der Waals surface area contributed by atoms with Crippen LogP contribution >= 0.6 is 0 Å². The van der Waals surface area contributed by atoms with E-state index in [0.717, 1.165) is 23.5 Å². The van der Waals surface area contributed by atoms with Crippen molar-refractivity contribution in [2.45, 2.75) is 43.8 Å². The molecule has 2 saturated heterocycles. The van der Waals surface area contributed by atoms with Crippen molar-refractivity contribution in [2.24, 2.45) is 0 Å². The number of hydrogen-bond acceptors (Lipinski definition) is 5. The first-order chi connectivity index (χ1) is 10.3. The van der Waals surface area contributed by atoms with Gasteiger partial charge in [-0.1, -0.05) is 6.07 Å². The Morgan fingerprint density at radius 3 is 2.71 bits per heavy atom. The number of aromatic nitrogens is 4. The Balaban J connectivity index is 1.49. The highest BCUT2D eigenvalue weighted by Crippen LogP contribution is 2.35. The molecule has 2 unspecified atom stereocenters. The molecule has 2 aliphatic rings. The topological polar surface area (TPSA) is 58.9 Å². The van der Waals surface area contributed by atoms with Crippen LogP contribution in [0.2, 0.25) is 0 Å². The van der Waals surface area contributed by atoms with Crippen molar-refractivity contribution in [3.63, 3.8) is 0 Å². The van der Waals surface area contributed by atoms with E-state index < -0.39 is 0 Å². The van der Waals surface area contributed by atoms with Crippen LogP contribution in [0.5, 0.6) is 0 Å². The largest absolute Gasteiger partial charge is 0.382 e. The van der Waals surface area contributed by atoms with Gasteiger partial charge in [0, 0.05) is 23.8 Å². The summed E-state index contributed by atoms with van der Waals surface area (Å²) >= 11 is 0. The van der Waals surface area contributed by atoms with Gasteiger partial charge in [0.25, 0.3) is 0 Å². The van der Waals surface area contributed by atoms with Gasteiger partial charge in [0.05, 0.1) is 5.69 Å². The number of anilines is 1. The van der Waals surface area contributed by atoms with Gasteiger partial charge >= 0.3 is 0 Å². The van der Waals surface area contributed by atoms with Crippen LogP contribution in [0, 0.1) is 0 Å². The van der Waals surface area contributed by atoms with E-state index in [1.807, 2.05) is 12.1 Å². The molecular formula is C15H20N6. The summed E-state index contributed by atoms with van der Waals surface area (Å²) in [5.41, 5.74) is 2.14.